The van der Waals surface area contributed by atoms with Crippen LogP contribution in [0.3, 0.4) is 0 Å². The van der Waals surface area contributed by atoms with Gasteiger partial charge in [-0.3, -0.25) is 4.79 Å². The van der Waals surface area contributed by atoms with Crippen molar-refractivity contribution in [3.05, 3.63) is 12.7 Å². The van der Waals surface area contributed by atoms with E-state index in [-0.39, 0.29) is 0 Å². The number of carboxylic acid groups (broad SMARTS) is 1. The first-order valence-electron chi connectivity index (χ1n) is 1.72. The van der Waals surface area contributed by atoms with Gasteiger partial charge >= 0.3 is 0 Å². The van der Waals surface area contributed by atoms with E-state index in [0.29, 0.717) is 0 Å². The lowest BCUT2D eigenvalue weighted by Gasteiger charge is -1.98. The van der Waals surface area contributed by atoms with E-state index in [1.807, 2.05) is 0 Å². The van der Waals surface area contributed by atoms with Crippen LogP contribution in [-0.2, 0) is 9.53 Å². The summed E-state index contributed by atoms with van der Waals surface area (Å²) in [5.41, 5.74) is 0. The van der Waals surface area contributed by atoms with E-state index < -0.39 is 12.1 Å². The van der Waals surface area contributed by atoms with Gasteiger partial charge in [-0.15, -0.1) is 0 Å². The summed E-state index contributed by atoms with van der Waals surface area (Å²) < 4.78 is 3.45. The molecule has 0 atom stereocenters. The van der Waals surface area contributed by atoms with Crippen molar-refractivity contribution in [1.29, 1.82) is 0 Å². The molecule has 0 bridgehead atoms. The molecule has 0 saturated heterocycles. The maximum atomic E-state index is 9.86. The Labute approximate surface area is 45.4 Å². The molecule has 0 aliphatic carbocycles. The summed E-state index contributed by atoms with van der Waals surface area (Å²) in [6.07, 6.45) is -1.13. The SMILES string of the molecule is C=CC(=O)OC(=O)[O-]. The van der Waals surface area contributed by atoms with Crippen molar-refractivity contribution >= 4 is 12.1 Å². The summed E-state index contributed by atoms with van der Waals surface area (Å²) in [4.78, 5) is 19.2. The number of carbonyl (C=O) groups excluding carboxylic acids is 2. The molecule has 0 N–H and O–H groups in total. The number of hydrogen-bond acceptors (Lipinski definition) is 4. The van der Waals surface area contributed by atoms with Crippen LogP contribution in [0.15, 0.2) is 12.7 Å². The van der Waals surface area contributed by atoms with E-state index in [1.54, 1.807) is 0 Å². The largest absolute Gasteiger partial charge is 0.481 e. The van der Waals surface area contributed by atoms with Crippen molar-refractivity contribution in [2.75, 3.05) is 0 Å². The number of rotatable bonds is 1. The Bertz CT molecular complexity index is 126. The van der Waals surface area contributed by atoms with Crippen LogP contribution in [0.5, 0.6) is 0 Å². The van der Waals surface area contributed by atoms with E-state index in [0.717, 1.165) is 6.08 Å². The van der Waals surface area contributed by atoms with Crippen molar-refractivity contribution in [2.24, 2.45) is 0 Å². The van der Waals surface area contributed by atoms with Crippen molar-refractivity contribution in [1.82, 2.24) is 0 Å². The molecule has 0 aliphatic heterocycles. The van der Waals surface area contributed by atoms with Gasteiger partial charge in [0.05, 0.1) is 0 Å². The summed E-state index contributed by atoms with van der Waals surface area (Å²) in [7, 11) is 0. The van der Waals surface area contributed by atoms with Gasteiger partial charge in [0.1, 0.15) is 0 Å². The predicted molar refractivity (Wildman–Crippen MR) is 21.7 cm³/mol. The summed E-state index contributed by atoms with van der Waals surface area (Å²) in [5, 5.41) is 9.37. The minimum absolute atomic E-state index is 0.732. The Morgan fingerprint density at radius 2 is 2.12 bits per heavy atom. The number of ether oxygens (including phenoxy) is 1. The molecule has 0 amide bonds. The molecule has 0 aromatic carbocycles. The fourth-order valence-corrected chi connectivity index (χ4v) is 0.124. The maximum absolute atomic E-state index is 9.86. The zero-order valence-corrected chi connectivity index (χ0v) is 3.92. The Morgan fingerprint density at radius 3 is 2.25 bits per heavy atom. The summed E-state index contributed by atoms with van der Waals surface area (Å²) >= 11 is 0. The van der Waals surface area contributed by atoms with Gasteiger partial charge < -0.3 is 14.6 Å². The van der Waals surface area contributed by atoms with Gasteiger partial charge in [-0.1, -0.05) is 6.58 Å². The standard InChI is InChI=1S/C4H4O4/c1-2-3(5)8-4(6)7/h2H,1H2,(H,6,7)/p-1. The molecule has 0 aromatic rings. The molecule has 0 rings (SSSR count). The van der Waals surface area contributed by atoms with Crippen molar-refractivity contribution in [3.63, 3.8) is 0 Å². The average molecular weight is 115 g/mol. The maximum Gasteiger partial charge on any atom is 0.264 e. The zero-order valence-electron chi connectivity index (χ0n) is 3.92. The molecule has 0 aromatic heterocycles. The van der Waals surface area contributed by atoms with Crippen LogP contribution in [0.2, 0.25) is 0 Å². The van der Waals surface area contributed by atoms with E-state index in [9.17, 15) is 14.7 Å². The molecule has 0 radical (unpaired) electrons. The van der Waals surface area contributed by atoms with Gasteiger partial charge in [0.25, 0.3) is 12.1 Å². The van der Waals surface area contributed by atoms with Crippen molar-refractivity contribution in [2.45, 2.75) is 0 Å². The molecule has 0 aliphatic rings. The van der Waals surface area contributed by atoms with Crippen LogP contribution in [-0.4, -0.2) is 12.1 Å². The van der Waals surface area contributed by atoms with Crippen LogP contribution in [0.4, 0.5) is 4.79 Å². The number of esters is 1. The highest BCUT2D eigenvalue weighted by Gasteiger charge is 1.88. The minimum Gasteiger partial charge on any atom is -0.481 e. The molecule has 0 heterocycles. The normalized spacial score (nSPS) is 7.50. The molecule has 44 valence electrons. The molecule has 0 saturated carbocycles. The van der Waals surface area contributed by atoms with E-state index in [4.69, 9.17) is 0 Å². The first-order chi connectivity index (χ1) is 3.66. The molecule has 0 spiro atoms. The second kappa shape index (κ2) is 2.79. The van der Waals surface area contributed by atoms with Crippen LogP contribution in [0.25, 0.3) is 0 Å². The molecule has 4 heteroatoms. The van der Waals surface area contributed by atoms with E-state index in [1.165, 1.54) is 0 Å². The highest BCUT2D eigenvalue weighted by Crippen LogP contribution is 1.74. The Kier molecular flexibility index (Phi) is 2.33. The third kappa shape index (κ3) is 2.89. The molecule has 4 nitrogen and oxygen atoms in total. The number of carbonyl (C=O) groups is 2. The second-order valence-corrected chi connectivity index (χ2v) is 0.875. The van der Waals surface area contributed by atoms with Gasteiger partial charge in [0.2, 0.25) is 0 Å². The fraction of sp³-hybridized carbons (Fsp3) is 0. The Morgan fingerprint density at radius 1 is 1.62 bits per heavy atom. The third-order valence-corrected chi connectivity index (χ3v) is 0.351. The molecular weight excluding hydrogens is 112 g/mol. The van der Waals surface area contributed by atoms with Crippen molar-refractivity contribution in [3.8, 4) is 0 Å². The zero-order chi connectivity index (χ0) is 6.57. The van der Waals surface area contributed by atoms with E-state index >= 15 is 0 Å². The lowest BCUT2D eigenvalue weighted by atomic mass is 10.7. The van der Waals surface area contributed by atoms with Crippen LogP contribution in [0.1, 0.15) is 0 Å². The Balaban J connectivity index is 3.55. The minimum atomic E-state index is -1.87. The van der Waals surface area contributed by atoms with Gasteiger partial charge in [-0.2, -0.15) is 0 Å². The topological polar surface area (TPSA) is 66.4 Å². The number of hydrogen-bond donors (Lipinski definition) is 0. The van der Waals surface area contributed by atoms with Gasteiger partial charge in [0.15, 0.2) is 0 Å². The summed E-state index contributed by atoms with van der Waals surface area (Å²) in [6, 6.07) is 0. The highest BCUT2D eigenvalue weighted by molar-refractivity contribution is 5.88. The molecule has 0 unspecified atom stereocenters. The van der Waals surface area contributed by atoms with Gasteiger partial charge in [0, 0.05) is 0 Å². The molecular formula is C4H3O4-. The predicted octanol–water partition coefficient (Wildman–Crippen LogP) is -0.941. The second-order valence-electron chi connectivity index (χ2n) is 0.875. The molecule has 8 heavy (non-hydrogen) atoms. The summed E-state index contributed by atoms with van der Waals surface area (Å²) in [5.74, 6) is -1.02. The van der Waals surface area contributed by atoms with E-state index in [2.05, 4.69) is 11.3 Å². The first kappa shape index (κ1) is 6.68. The van der Waals surface area contributed by atoms with Gasteiger partial charge in [-0.25, -0.2) is 0 Å². The van der Waals surface area contributed by atoms with Gasteiger partial charge in [-0.05, 0) is 6.08 Å². The first-order valence-corrected chi connectivity index (χ1v) is 1.72. The average Bonchev–Trinajstić information content (AvgIpc) is 1.65. The molecule has 0 fully saturated rings. The fourth-order valence-electron chi connectivity index (χ4n) is 0.124. The van der Waals surface area contributed by atoms with Crippen LogP contribution in [0, 0.1) is 0 Å². The highest BCUT2D eigenvalue weighted by atomic mass is 16.7. The monoisotopic (exact) mass is 115 g/mol. The Hall–Kier alpha value is -1.32. The quantitative estimate of drug-likeness (QED) is 0.251. The third-order valence-electron chi connectivity index (χ3n) is 0.351. The van der Waals surface area contributed by atoms with Crippen LogP contribution < -0.4 is 5.11 Å². The van der Waals surface area contributed by atoms with Crippen molar-refractivity contribution < 1.29 is 19.4 Å². The lowest BCUT2D eigenvalue weighted by molar-refractivity contribution is -0.277. The smallest absolute Gasteiger partial charge is 0.264 e. The lowest BCUT2D eigenvalue weighted by Crippen LogP contribution is -2.25. The van der Waals surface area contributed by atoms with Crippen LogP contribution >= 0.6 is 0 Å². The summed E-state index contributed by atoms with van der Waals surface area (Å²) in [6.45, 7) is 2.95.